The first kappa shape index (κ1) is 14.4. The molecule has 0 radical (unpaired) electrons. The molecule has 8 nitrogen and oxygen atoms in total. The van der Waals surface area contributed by atoms with E-state index in [0.717, 1.165) is 12.8 Å². The number of hydrogen-bond acceptors (Lipinski definition) is 6. The predicted molar refractivity (Wildman–Crippen MR) is 72.1 cm³/mol. The van der Waals surface area contributed by atoms with Crippen molar-refractivity contribution in [2.24, 2.45) is 11.8 Å². The summed E-state index contributed by atoms with van der Waals surface area (Å²) >= 11 is 0. The van der Waals surface area contributed by atoms with Crippen LogP contribution >= 0.6 is 0 Å². The van der Waals surface area contributed by atoms with Gasteiger partial charge in [-0.15, -0.1) is 10.2 Å². The van der Waals surface area contributed by atoms with Crippen LogP contribution in [-0.4, -0.2) is 53.0 Å². The fourth-order valence-corrected chi connectivity index (χ4v) is 2.56. The van der Waals surface area contributed by atoms with Gasteiger partial charge in [0.05, 0.1) is 12.6 Å². The second-order valence-electron chi connectivity index (χ2n) is 5.72. The molecular weight excluding hydrogens is 274 g/mol. The summed E-state index contributed by atoms with van der Waals surface area (Å²) in [6.07, 6.45) is 4.19. The monoisotopic (exact) mass is 295 g/mol. The normalized spacial score (nSPS) is 21.1. The number of ether oxygens (including phenoxy) is 2. The van der Waals surface area contributed by atoms with Gasteiger partial charge in [-0.05, 0) is 37.5 Å². The number of nitrogens with one attached hydrogen (secondary N) is 2. The minimum Gasteiger partial charge on any atom is -0.381 e. The lowest BCUT2D eigenvalue weighted by Crippen LogP contribution is -2.38. The van der Waals surface area contributed by atoms with Gasteiger partial charge in [0.15, 0.2) is 5.82 Å². The molecule has 1 saturated carbocycles. The van der Waals surface area contributed by atoms with E-state index < -0.39 is 0 Å². The van der Waals surface area contributed by atoms with Gasteiger partial charge in [-0.3, -0.25) is 4.79 Å². The molecule has 0 bridgehead atoms. The highest BCUT2D eigenvalue weighted by molar-refractivity contribution is 5.77. The maximum Gasteiger partial charge on any atom is 0.246 e. The molecule has 1 aromatic rings. The number of aromatic amines is 1. The van der Waals surface area contributed by atoms with Crippen molar-refractivity contribution in [2.75, 3.05) is 26.4 Å². The van der Waals surface area contributed by atoms with Gasteiger partial charge in [-0.2, -0.15) is 5.21 Å². The molecule has 2 aliphatic rings. The Morgan fingerprint density at radius 1 is 1.38 bits per heavy atom. The van der Waals surface area contributed by atoms with Gasteiger partial charge in [0.25, 0.3) is 0 Å². The van der Waals surface area contributed by atoms with Crippen molar-refractivity contribution in [3.8, 4) is 0 Å². The molecule has 1 aliphatic heterocycles. The Hall–Kier alpha value is -1.54. The molecule has 0 spiro atoms. The molecular formula is C13H21N5O3. The summed E-state index contributed by atoms with van der Waals surface area (Å²) in [7, 11) is 0. The third-order valence-electron chi connectivity index (χ3n) is 3.98. The molecule has 1 aromatic heterocycles. The van der Waals surface area contributed by atoms with Crippen LogP contribution in [0, 0.1) is 11.8 Å². The molecule has 2 heterocycles. The molecule has 8 heteroatoms. The van der Waals surface area contributed by atoms with E-state index >= 15 is 0 Å². The minimum absolute atomic E-state index is 0.0913. The summed E-state index contributed by atoms with van der Waals surface area (Å²) in [5.41, 5.74) is 0. The van der Waals surface area contributed by atoms with Crippen molar-refractivity contribution in [3.05, 3.63) is 5.82 Å². The van der Waals surface area contributed by atoms with E-state index in [1.54, 1.807) is 0 Å². The summed E-state index contributed by atoms with van der Waals surface area (Å²) in [6.45, 7) is 2.17. The van der Waals surface area contributed by atoms with Crippen LogP contribution in [0.2, 0.25) is 0 Å². The van der Waals surface area contributed by atoms with Crippen LogP contribution in [0.25, 0.3) is 0 Å². The van der Waals surface area contributed by atoms with Crippen LogP contribution < -0.4 is 5.32 Å². The minimum atomic E-state index is -0.232. The number of aromatic nitrogens is 4. The smallest absolute Gasteiger partial charge is 0.246 e. The fourth-order valence-electron chi connectivity index (χ4n) is 2.56. The first-order chi connectivity index (χ1) is 10.3. The van der Waals surface area contributed by atoms with Crippen LogP contribution in [0.15, 0.2) is 0 Å². The number of hydrogen-bond donors (Lipinski definition) is 2. The van der Waals surface area contributed by atoms with Gasteiger partial charge in [-0.1, -0.05) is 5.21 Å². The van der Waals surface area contributed by atoms with Gasteiger partial charge >= 0.3 is 0 Å². The van der Waals surface area contributed by atoms with E-state index in [2.05, 4.69) is 25.9 Å². The number of rotatable bonds is 7. The third-order valence-corrected chi connectivity index (χ3v) is 3.98. The van der Waals surface area contributed by atoms with E-state index in [1.807, 2.05) is 0 Å². The standard InChI is InChI=1S/C13H21N5O3/c19-11(8-21-7-9-1-2-9)14-12(13-15-17-18-16-13)10-3-5-20-6-4-10/h9-10,12H,1-8H2,(H,14,19)(H,15,16,17,18). The SMILES string of the molecule is O=C(COCC1CC1)NC(c1nn[nH]n1)C1CCOCC1. The van der Waals surface area contributed by atoms with Gasteiger partial charge < -0.3 is 14.8 Å². The average Bonchev–Trinajstić information content (AvgIpc) is 3.17. The molecule has 1 amide bonds. The van der Waals surface area contributed by atoms with Crippen molar-refractivity contribution >= 4 is 5.91 Å². The van der Waals surface area contributed by atoms with Crippen molar-refractivity contribution in [1.29, 1.82) is 0 Å². The quantitative estimate of drug-likeness (QED) is 0.745. The van der Waals surface area contributed by atoms with Gasteiger partial charge in [0, 0.05) is 13.2 Å². The first-order valence-corrected chi connectivity index (χ1v) is 7.51. The third kappa shape index (κ3) is 4.21. The van der Waals surface area contributed by atoms with Gasteiger partial charge in [-0.25, -0.2) is 0 Å². The van der Waals surface area contributed by atoms with E-state index in [-0.39, 0.29) is 24.5 Å². The summed E-state index contributed by atoms with van der Waals surface area (Å²) < 4.78 is 10.8. The topological polar surface area (TPSA) is 102 Å². The Morgan fingerprint density at radius 3 is 2.86 bits per heavy atom. The Labute approximate surface area is 123 Å². The highest BCUT2D eigenvalue weighted by Gasteiger charge is 2.30. The number of carbonyl (C=O) groups excluding carboxylic acids is 1. The van der Waals surface area contributed by atoms with Crippen molar-refractivity contribution in [2.45, 2.75) is 31.7 Å². The van der Waals surface area contributed by atoms with Crippen LogP contribution in [0.1, 0.15) is 37.5 Å². The largest absolute Gasteiger partial charge is 0.381 e. The number of H-pyrrole nitrogens is 1. The Balaban J connectivity index is 1.54. The second-order valence-corrected chi connectivity index (χ2v) is 5.72. The second kappa shape index (κ2) is 6.95. The molecule has 116 valence electrons. The summed E-state index contributed by atoms with van der Waals surface area (Å²) in [4.78, 5) is 12.0. The Morgan fingerprint density at radius 2 is 2.19 bits per heavy atom. The van der Waals surface area contributed by atoms with Crippen LogP contribution in [0.5, 0.6) is 0 Å². The molecule has 1 atom stereocenters. The highest BCUT2D eigenvalue weighted by Crippen LogP contribution is 2.29. The van der Waals surface area contributed by atoms with E-state index in [0.29, 0.717) is 31.6 Å². The van der Waals surface area contributed by atoms with E-state index in [1.165, 1.54) is 12.8 Å². The number of tetrazole rings is 1. The summed E-state index contributed by atoms with van der Waals surface area (Å²) in [5, 5.41) is 17.1. The lowest BCUT2D eigenvalue weighted by Gasteiger charge is -2.28. The van der Waals surface area contributed by atoms with Crippen LogP contribution in [0.4, 0.5) is 0 Å². The molecule has 2 fully saturated rings. The lowest BCUT2D eigenvalue weighted by molar-refractivity contribution is -0.127. The zero-order valence-corrected chi connectivity index (χ0v) is 12.0. The van der Waals surface area contributed by atoms with Crippen molar-refractivity contribution < 1.29 is 14.3 Å². The molecule has 0 aromatic carbocycles. The maximum absolute atomic E-state index is 12.0. The highest BCUT2D eigenvalue weighted by atomic mass is 16.5. The van der Waals surface area contributed by atoms with Crippen LogP contribution in [-0.2, 0) is 14.3 Å². The van der Waals surface area contributed by atoms with Crippen molar-refractivity contribution in [3.63, 3.8) is 0 Å². The van der Waals surface area contributed by atoms with E-state index in [4.69, 9.17) is 9.47 Å². The van der Waals surface area contributed by atoms with Gasteiger partial charge in [0.1, 0.15) is 6.61 Å². The predicted octanol–water partition coefficient (Wildman–Crippen LogP) is 0.210. The van der Waals surface area contributed by atoms with Gasteiger partial charge in [0.2, 0.25) is 5.91 Å². The first-order valence-electron chi connectivity index (χ1n) is 7.51. The van der Waals surface area contributed by atoms with E-state index in [9.17, 15) is 4.79 Å². The van der Waals surface area contributed by atoms with Crippen LogP contribution in [0.3, 0.4) is 0 Å². The molecule has 1 aliphatic carbocycles. The zero-order chi connectivity index (χ0) is 14.5. The average molecular weight is 295 g/mol. The summed E-state index contributed by atoms with van der Waals surface area (Å²) in [5.74, 6) is 1.32. The Kier molecular flexibility index (Phi) is 4.76. The molecule has 3 rings (SSSR count). The molecule has 21 heavy (non-hydrogen) atoms. The zero-order valence-electron chi connectivity index (χ0n) is 12.0. The maximum atomic E-state index is 12.0. The summed E-state index contributed by atoms with van der Waals surface area (Å²) in [6, 6.07) is -0.232. The lowest BCUT2D eigenvalue weighted by atomic mass is 9.91. The molecule has 1 saturated heterocycles. The number of nitrogens with zero attached hydrogens (tertiary/aromatic N) is 3. The fraction of sp³-hybridized carbons (Fsp3) is 0.846. The molecule has 1 unspecified atom stereocenters. The molecule has 2 N–H and O–H groups in total. The van der Waals surface area contributed by atoms with Crippen molar-refractivity contribution in [1.82, 2.24) is 25.9 Å². The Bertz CT molecular complexity index is 443. The number of carbonyl (C=O) groups is 1. The number of amides is 1.